The summed E-state index contributed by atoms with van der Waals surface area (Å²) in [6.45, 7) is 3.85. The Bertz CT molecular complexity index is 394. The second-order valence-corrected chi connectivity index (χ2v) is 5.83. The van der Waals surface area contributed by atoms with Crippen LogP contribution in [0.25, 0.3) is 0 Å². The monoisotopic (exact) mass is 282 g/mol. The van der Waals surface area contributed by atoms with Crippen LogP contribution in [0.5, 0.6) is 0 Å². The molecule has 0 radical (unpaired) electrons. The smallest absolute Gasteiger partial charge is 0.324 e. The van der Waals surface area contributed by atoms with Crippen LogP contribution in [0.4, 0.5) is 0 Å². The quantitative estimate of drug-likeness (QED) is 0.781. The zero-order valence-corrected chi connectivity index (χ0v) is 12.6. The topological polar surface area (TPSA) is 46.5 Å². The van der Waals surface area contributed by atoms with Crippen molar-refractivity contribution < 1.29 is 14.6 Å². The van der Waals surface area contributed by atoms with Crippen LogP contribution in [0.2, 0.25) is 0 Å². The van der Waals surface area contributed by atoms with Gasteiger partial charge in [-0.05, 0) is 38.5 Å². The van der Waals surface area contributed by atoms with Gasteiger partial charge in [0.2, 0.25) is 0 Å². The lowest BCUT2D eigenvalue weighted by atomic mass is 9.97. The molecule has 3 nitrogen and oxygen atoms in total. The molecule has 1 rings (SSSR count). The number of hydrogen-bond donors (Lipinski definition) is 1. The van der Waals surface area contributed by atoms with Gasteiger partial charge in [-0.2, -0.15) is 0 Å². The molecule has 0 fully saturated rings. The molecule has 0 aliphatic rings. The summed E-state index contributed by atoms with van der Waals surface area (Å²) >= 11 is 1.34. The SMILES string of the molecule is CCOC(=O)[C@@](C)(SC)[C@H](O)CCc1ccccc1. The minimum absolute atomic E-state index is 0.334. The predicted molar refractivity (Wildman–Crippen MR) is 79.3 cm³/mol. The zero-order chi connectivity index (χ0) is 14.3. The molecule has 0 saturated carbocycles. The average Bonchev–Trinajstić information content (AvgIpc) is 2.45. The number of aliphatic hydroxyl groups is 1. The van der Waals surface area contributed by atoms with Crippen LogP contribution in [-0.2, 0) is 16.0 Å². The summed E-state index contributed by atoms with van der Waals surface area (Å²) in [7, 11) is 0. The van der Waals surface area contributed by atoms with Gasteiger partial charge in [-0.3, -0.25) is 4.79 Å². The number of thioether (sulfide) groups is 1. The van der Waals surface area contributed by atoms with Crippen LogP contribution in [0, 0.1) is 0 Å². The van der Waals surface area contributed by atoms with Crippen LogP contribution in [0.1, 0.15) is 25.8 Å². The summed E-state index contributed by atoms with van der Waals surface area (Å²) in [5.74, 6) is -0.344. The number of aryl methyl sites for hydroxylation is 1. The van der Waals surface area contributed by atoms with Crippen molar-refractivity contribution in [2.45, 2.75) is 37.5 Å². The van der Waals surface area contributed by atoms with E-state index in [0.717, 1.165) is 12.0 Å². The molecular weight excluding hydrogens is 260 g/mol. The highest BCUT2D eigenvalue weighted by Crippen LogP contribution is 2.30. The van der Waals surface area contributed by atoms with Crippen LogP contribution < -0.4 is 0 Å². The molecule has 2 atom stereocenters. The number of aliphatic hydroxyl groups excluding tert-OH is 1. The molecule has 1 N–H and O–H groups in total. The van der Waals surface area contributed by atoms with Crippen LogP contribution >= 0.6 is 11.8 Å². The highest BCUT2D eigenvalue weighted by Gasteiger charge is 2.41. The van der Waals surface area contributed by atoms with Crippen molar-refractivity contribution in [3.63, 3.8) is 0 Å². The third kappa shape index (κ3) is 4.25. The second-order valence-electron chi connectivity index (χ2n) is 4.57. The first-order chi connectivity index (χ1) is 9.04. The Hall–Kier alpha value is -1.00. The van der Waals surface area contributed by atoms with Crippen molar-refractivity contribution in [3.8, 4) is 0 Å². The first-order valence-corrected chi connectivity index (χ1v) is 7.71. The first-order valence-electron chi connectivity index (χ1n) is 6.49. The van der Waals surface area contributed by atoms with Gasteiger partial charge in [0, 0.05) is 0 Å². The minimum atomic E-state index is -0.898. The fraction of sp³-hybridized carbons (Fsp3) is 0.533. The molecule has 106 valence electrons. The summed E-state index contributed by atoms with van der Waals surface area (Å²) < 4.78 is 4.15. The Kier molecular flexibility index (Phi) is 6.38. The third-order valence-corrected chi connectivity index (χ3v) is 4.58. The maximum absolute atomic E-state index is 11.9. The van der Waals surface area contributed by atoms with E-state index in [9.17, 15) is 9.90 Å². The van der Waals surface area contributed by atoms with Gasteiger partial charge in [-0.25, -0.2) is 0 Å². The molecule has 0 aromatic heterocycles. The lowest BCUT2D eigenvalue weighted by molar-refractivity contribution is -0.148. The molecule has 4 heteroatoms. The number of benzene rings is 1. The van der Waals surface area contributed by atoms with E-state index in [1.54, 1.807) is 13.8 Å². The van der Waals surface area contributed by atoms with Crippen molar-refractivity contribution in [3.05, 3.63) is 35.9 Å². The van der Waals surface area contributed by atoms with E-state index in [0.29, 0.717) is 13.0 Å². The van der Waals surface area contributed by atoms with Gasteiger partial charge in [-0.15, -0.1) is 11.8 Å². The molecule has 1 aromatic carbocycles. The Morgan fingerprint density at radius 1 is 1.42 bits per heavy atom. The molecule has 0 heterocycles. The lowest BCUT2D eigenvalue weighted by Gasteiger charge is -2.30. The number of carbonyl (C=O) groups is 1. The summed E-state index contributed by atoms with van der Waals surface area (Å²) in [6.07, 6.45) is 2.39. The van der Waals surface area contributed by atoms with Crippen molar-refractivity contribution in [1.82, 2.24) is 0 Å². The Morgan fingerprint density at radius 2 is 2.05 bits per heavy atom. The molecule has 0 saturated heterocycles. The van der Waals surface area contributed by atoms with E-state index < -0.39 is 10.9 Å². The van der Waals surface area contributed by atoms with Gasteiger partial charge in [0.25, 0.3) is 0 Å². The first kappa shape index (κ1) is 16.1. The molecule has 19 heavy (non-hydrogen) atoms. The molecule has 0 aliphatic carbocycles. The summed E-state index contributed by atoms with van der Waals surface area (Å²) in [5.41, 5.74) is 1.16. The lowest BCUT2D eigenvalue weighted by Crippen LogP contribution is -2.45. The van der Waals surface area contributed by atoms with Crippen molar-refractivity contribution in [2.24, 2.45) is 0 Å². The van der Waals surface area contributed by atoms with Gasteiger partial charge in [0.1, 0.15) is 4.75 Å². The fourth-order valence-corrected chi connectivity index (χ4v) is 2.47. The van der Waals surface area contributed by atoms with Gasteiger partial charge in [0.05, 0.1) is 12.7 Å². The Morgan fingerprint density at radius 3 is 2.58 bits per heavy atom. The average molecular weight is 282 g/mol. The molecule has 0 aliphatic heterocycles. The van der Waals surface area contributed by atoms with E-state index in [4.69, 9.17) is 4.74 Å². The number of esters is 1. The van der Waals surface area contributed by atoms with Gasteiger partial charge >= 0.3 is 5.97 Å². The molecule has 0 bridgehead atoms. The number of hydrogen-bond acceptors (Lipinski definition) is 4. The number of carbonyl (C=O) groups excluding carboxylic acids is 1. The number of ether oxygens (including phenoxy) is 1. The van der Waals surface area contributed by atoms with Crippen LogP contribution in [0.3, 0.4) is 0 Å². The molecule has 0 spiro atoms. The van der Waals surface area contributed by atoms with Gasteiger partial charge < -0.3 is 9.84 Å². The minimum Gasteiger partial charge on any atom is -0.465 e. The molecule has 1 aromatic rings. The van der Waals surface area contributed by atoms with Crippen molar-refractivity contribution >= 4 is 17.7 Å². The highest BCUT2D eigenvalue weighted by atomic mass is 32.2. The largest absolute Gasteiger partial charge is 0.465 e. The maximum Gasteiger partial charge on any atom is 0.324 e. The van der Waals surface area contributed by atoms with Crippen LogP contribution in [-0.4, -0.2) is 34.8 Å². The summed E-state index contributed by atoms with van der Waals surface area (Å²) in [5, 5.41) is 10.3. The maximum atomic E-state index is 11.9. The molecular formula is C15H22O3S. The zero-order valence-electron chi connectivity index (χ0n) is 11.8. The van der Waals surface area contributed by atoms with Gasteiger partial charge in [0.15, 0.2) is 0 Å². The second kappa shape index (κ2) is 7.56. The molecule has 0 unspecified atom stereocenters. The third-order valence-electron chi connectivity index (χ3n) is 3.29. The van der Waals surface area contributed by atoms with Gasteiger partial charge in [-0.1, -0.05) is 30.3 Å². The predicted octanol–water partition coefficient (Wildman–Crippen LogP) is 2.66. The standard InChI is InChI=1S/C15H22O3S/c1-4-18-14(17)15(2,19-3)13(16)11-10-12-8-6-5-7-9-12/h5-9,13,16H,4,10-11H2,1-3H3/t13-,15+/m1/s1. The van der Waals surface area contributed by atoms with E-state index in [2.05, 4.69) is 0 Å². The Balaban J connectivity index is 2.63. The van der Waals surface area contributed by atoms with Crippen LogP contribution in [0.15, 0.2) is 30.3 Å². The van der Waals surface area contributed by atoms with Crippen molar-refractivity contribution in [2.75, 3.05) is 12.9 Å². The Labute approximate surface area is 119 Å². The van der Waals surface area contributed by atoms with E-state index in [1.807, 2.05) is 36.6 Å². The van der Waals surface area contributed by atoms with Crippen molar-refractivity contribution in [1.29, 1.82) is 0 Å². The normalized spacial score (nSPS) is 15.6. The summed E-state index contributed by atoms with van der Waals surface area (Å²) in [4.78, 5) is 11.9. The number of rotatable bonds is 7. The van der Waals surface area contributed by atoms with E-state index >= 15 is 0 Å². The van der Waals surface area contributed by atoms with E-state index in [-0.39, 0.29) is 5.97 Å². The molecule has 0 amide bonds. The van der Waals surface area contributed by atoms with E-state index in [1.165, 1.54) is 11.8 Å². The highest BCUT2D eigenvalue weighted by molar-refractivity contribution is 8.00. The summed E-state index contributed by atoms with van der Waals surface area (Å²) in [6, 6.07) is 9.95. The fourth-order valence-electron chi connectivity index (χ4n) is 1.85.